The number of anilines is 1. The Balaban J connectivity index is 1.48. The minimum absolute atomic E-state index is 0.0701. The van der Waals surface area contributed by atoms with Crippen molar-refractivity contribution in [1.29, 1.82) is 0 Å². The number of hydrogen-bond acceptors (Lipinski definition) is 6. The number of imide groups is 1. The molecule has 4 amide bonds. The van der Waals surface area contributed by atoms with E-state index in [4.69, 9.17) is 9.47 Å². The Morgan fingerprint density at radius 3 is 2.03 bits per heavy atom. The van der Waals surface area contributed by atoms with E-state index in [9.17, 15) is 19.2 Å². The highest BCUT2D eigenvalue weighted by molar-refractivity contribution is 6.13. The molecule has 0 aliphatic carbocycles. The Morgan fingerprint density at radius 2 is 1.46 bits per heavy atom. The average molecular weight is 500 g/mol. The molecule has 2 heterocycles. The first kappa shape index (κ1) is 24.1. The van der Waals surface area contributed by atoms with E-state index in [1.54, 1.807) is 80.9 Å². The third-order valence-electron chi connectivity index (χ3n) is 6.78. The van der Waals surface area contributed by atoms with Crippen LogP contribution in [0, 0.1) is 0 Å². The van der Waals surface area contributed by atoms with Gasteiger partial charge in [0.05, 0.1) is 20.8 Å². The lowest BCUT2D eigenvalue weighted by Gasteiger charge is -2.28. The average Bonchev–Trinajstić information content (AvgIpc) is 3.18. The van der Waals surface area contributed by atoms with E-state index in [1.165, 1.54) is 0 Å². The maximum Gasteiger partial charge on any atom is 0.325 e. The van der Waals surface area contributed by atoms with E-state index in [0.29, 0.717) is 46.7 Å². The molecular formula is C28H25N3O6. The summed E-state index contributed by atoms with van der Waals surface area (Å²) in [5, 5.41) is 5.62. The zero-order chi connectivity index (χ0) is 26.2. The molecule has 1 saturated heterocycles. The molecule has 3 aromatic carbocycles. The van der Waals surface area contributed by atoms with Crippen LogP contribution in [0.2, 0.25) is 0 Å². The van der Waals surface area contributed by atoms with Crippen LogP contribution in [0.1, 0.15) is 33.5 Å². The first-order chi connectivity index (χ1) is 17.8. The normalized spacial score (nSPS) is 16.1. The first-order valence-electron chi connectivity index (χ1n) is 11.7. The van der Waals surface area contributed by atoms with Gasteiger partial charge >= 0.3 is 6.03 Å². The van der Waals surface area contributed by atoms with E-state index in [0.717, 1.165) is 10.5 Å². The molecule has 0 spiro atoms. The number of nitrogens with one attached hydrogen (secondary N) is 2. The highest BCUT2D eigenvalue weighted by Crippen LogP contribution is 2.37. The third kappa shape index (κ3) is 4.18. The number of Topliss-reactive ketones (excluding diaryl/α,β-unsaturated/α-hetero) is 1. The second-order valence-electron chi connectivity index (χ2n) is 8.87. The Labute approximate surface area is 213 Å². The van der Waals surface area contributed by atoms with E-state index < -0.39 is 24.0 Å². The highest BCUT2D eigenvalue weighted by Gasteiger charge is 2.54. The summed E-state index contributed by atoms with van der Waals surface area (Å²) in [5.41, 5.74) is 1.39. The molecule has 188 valence electrons. The van der Waals surface area contributed by atoms with Crippen LogP contribution in [0.3, 0.4) is 0 Å². The quantitative estimate of drug-likeness (QED) is 0.381. The summed E-state index contributed by atoms with van der Waals surface area (Å²) in [7, 11) is 3.08. The van der Waals surface area contributed by atoms with Crippen molar-refractivity contribution in [3.8, 4) is 11.5 Å². The van der Waals surface area contributed by atoms with Gasteiger partial charge in [0.2, 0.25) is 5.91 Å². The minimum Gasteiger partial charge on any atom is -0.497 e. The van der Waals surface area contributed by atoms with Gasteiger partial charge in [0.15, 0.2) is 11.3 Å². The summed E-state index contributed by atoms with van der Waals surface area (Å²) >= 11 is 0. The lowest BCUT2D eigenvalue weighted by atomic mass is 9.82. The maximum atomic E-state index is 14.0. The van der Waals surface area contributed by atoms with E-state index in [2.05, 4.69) is 10.6 Å². The second kappa shape index (κ2) is 9.42. The van der Waals surface area contributed by atoms with Crippen molar-refractivity contribution < 1.29 is 28.7 Å². The molecule has 0 atom stereocenters. The molecule has 0 saturated carbocycles. The smallest absolute Gasteiger partial charge is 0.325 e. The predicted molar refractivity (Wildman–Crippen MR) is 135 cm³/mol. The number of hydrogen-bond donors (Lipinski definition) is 2. The van der Waals surface area contributed by atoms with Gasteiger partial charge in [0.25, 0.3) is 5.91 Å². The Hall–Kier alpha value is -4.66. The maximum absolute atomic E-state index is 14.0. The van der Waals surface area contributed by atoms with E-state index in [-0.39, 0.29) is 11.7 Å². The monoisotopic (exact) mass is 499 g/mol. The molecule has 37 heavy (non-hydrogen) atoms. The van der Waals surface area contributed by atoms with Crippen LogP contribution in [0.15, 0.2) is 66.7 Å². The van der Waals surface area contributed by atoms with Crippen LogP contribution in [-0.2, 0) is 21.5 Å². The molecular weight excluding hydrogens is 474 g/mol. The molecule has 9 nitrogen and oxygen atoms in total. The number of methoxy groups -OCH3 is 2. The number of aryl methyl sites for hydroxylation is 1. The molecule has 2 aliphatic rings. The van der Waals surface area contributed by atoms with Gasteiger partial charge in [-0.1, -0.05) is 24.3 Å². The van der Waals surface area contributed by atoms with Gasteiger partial charge in [-0.05, 0) is 65.6 Å². The number of ether oxygens (including phenoxy) is 2. The zero-order valence-electron chi connectivity index (χ0n) is 20.4. The lowest BCUT2D eigenvalue weighted by Crippen LogP contribution is -2.45. The van der Waals surface area contributed by atoms with Crippen molar-refractivity contribution >= 4 is 29.3 Å². The topological polar surface area (TPSA) is 114 Å². The summed E-state index contributed by atoms with van der Waals surface area (Å²) in [6, 6.07) is 18.0. The van der Waals surface area contributed by atoms with Crippen molar-refractivity contribution in [3.63, 3.8) is 0 Å². The fraction of sp³-hybridized carbons (Fsp3) is 0.214. The molecule has 0 unspecified atom stereocenters. The van der Waals surface area contributed by atoms with Crippen molar-refractivity contribution in [1.82, 2.24) is 10.2 Å². The van der Waals surface area contributed by atoms with Crippen molar-refractivity contribution in [3.05, 3.63) is 89.0 Å². The highest BCUT2D eigenvalue weighted by atomic mass is 16.5. The molecule has 5 rings (SSSR count). The van der Waals surface area contributed by atoms with Gasteiger partial charge in [-0.25, -0.2) is 4.79 Å². The van der Waals surface area contributed by atoms with Gasteiger partial charge in [-0.15, -0.1) is 0 Å². The predicted octanol–water partition coefficient (Wildman–Crippen LogP) is 3.27. The fourth-order valence-electron chi connectivity index (χ4n) is 4.75. The van der Waals surface area contributed by atoms with Gasteiger partial charge in [0, 0.05) is 17.7 Å². The van der Waals surface area contributed by atoms with Gasteiger partial charge in [-0.3, -0.25) is 19.3 Å². The molecule has 3 aromatic rings. The molecule has 9 heteroatoms. The van der Waals surface area contributed by atoms with Crippen LogP contribution in [0.5, 0.6) is 11.5 Å². The van der Waals surface area contributed by atoms with Crippen molar-refractivity contribution in [2.24, 2.45) is 0 Å². The fourth-order valence-corrected chi connectivity index (χ4v) is 4.75. The number of nitrogens with zero attached hydrogens (tertiary/aromatic N) is 1. The second-order valence-corrected chi connectivity index (χ2v) is 8.87. The van der Waals surface area contributed by atoms with Crippen LogP contribution in [0.25, 0.3) is 0 Å². The number of amides is 4. The first-order valence-corrected chi connectivity index (χ1v) is 11.7. The van der Waals surface area contributed by atoms with Crippen LogP contribution in [-0.4, -0.2) is 49.3 Å². The third-order valence-corrected chi connectivity index (χ3v) is 6.78. The zero-order valence-corrected chi connectivity index (χ0v) is 20.4. The van der Waals surface area contributed by atoms with Gasteiger partial charge in [-0.2, -0.15) is 0 Å². The SMILES string of the molecule is COc1ccc(C2(c3ccc(OC)cc3)NC(=O)N(CC(=O)c3ccc4c(c3)CCC(=O)N4)C2=O)cc1. The lowest BCUT2D eigenvalue weighted by molar-refractivity contribution is -0.130. The largest absolute Gasteiger partial charge is 0.497 e. The molecule has 0 bridgehead atoms. The summed E-state index contributed by atoms with van der Waals surface area (Å²) < 4.78 is 10.5. The Kier molecular flexibility index (Phi) is 6.12. The van der Waals surface area contributed by atoms with Crippen LogP contribution < -0.4 is 20.1 Å². The number of urea groups is 1. The number of carbonyl (C=O) groups is 4. The van der Waals surface area contributed by atoms with E-state index >= 15 is 0 Å². The standard InChI is InChI=1S/C28H25N3O6/c1-36-21-9-5-19(6-10-21)28(20-7-11-22(37-2)12-8-20)26(34)31(27(35)30-28)16-24(32)18-3-13-23-17(15-18)4-14-25(33)29-23/h3,5-13,15H,4,14,16H2,1-2H3,(H,29,33)(H,30,35). The number of ketones is 1. The molecule has 2 aliphatic heterocycles. The Morgan fingerprint density at radius 1 is 0.865 bits per heavy atom. The van der Waals surface area contributed by atoms with Gasteiger partial charge in [0.1, 0.15) is 11.5 Å². The van der Waals surface area contributed by atoms with Crippen LogP contribution in [0.4, 0.5) is 10.5 Å². The molecule has 2 N–H and O–H groups in total. The van der Waals surface area contributed by atoms with Crippen molar-refractivity contribution in [2.45, 2.75) is 18.4 Å². The van der Waals surface area contributed by atoms with E-state index in [1.807, 2.05) is 0 Å². The molecule has 0 radical (unpaired) electrons. The Bertz CT molecular complexity index is 1350. The summed E-state index contributed by atoms with van der Waals surface area (Å²) in [6.45, 7) is -0.427. The van der Waals surface area contributed by atoms with Crippen LogP contribution >= 0.6 is 0 Å². The number of carbonyl (C=O) groups excluding carboxylic acids is 4. The summed E-state index contributed by atoms with van der Waals surface area (Å²) in [5.74, 6) is 0.177. The summed E-state index contributed by atoms with van der Waals surface area (Å²) in [6.07, 6.45) is 0.855. The number of rotatable bonds is 7. The minimum atomic E-state index is -1.53. The van der Waals surface area contributed by atoms with Gasteiger partial charge < -0.3 is 20.1 Å². The molecule has 0 aromatic heterocycles. The number of fused-ring (bicyclic) bond motifs is 1. The van der Waals surface area contributed by atoms with Crippen molar-refractivity contribution in [2.75, 3.05) is 26.1 Å². The summed E-state index contributed by atoms with van der Waals surface area (Å²) in [4.78, 5) is 52.9. The molecule has 1 fully saturated rings. The number of benzene rings is 3.